The number of nitrogens with one attached hydrogen (secondary N) is 2. The van der Waals surface area contributed by atoms with Gasteiger partial charge in [-0.15, -0.1) is 0 Å². The Kier molecular flexibility index (Phi) is 4.65. The summed E-state index contributed by atoms with van der Waals surface area (Å²) in [6.07, 6.45) is 3.69. The molecule has 142 valence electrons. The molecule has 3 aromatic heterocycles. The van der Waals surface area contributed by atoms with E-state index in [0.29, 0.717) is 16.5 Å². The van der Waals surface area contributed by atoms with Crippen LogP contribution in [-0.2, 0) is 0 Å². The molecule has 0 aliphatic carbocycles. The van der Waals surface area contributed by atoms with Crippen LogP contribution in [-0.4, -0.2) is 19.5 Å². The van der Waals surface area contributed by atoms with Crippen LogP contribution in [0.25, 0.3) is 16.7 Å². The molecule has 4 rings (SSSR count). The van der Waals surface area contributed by atoms with E-state index in [1.54, 1.807) is 18.3 Å². The number of aryl methyl sites for hydroxylation is 1. The molecule has 0 aliphatic heterocycles. The molecule has 0 aliphatic rings. The van der Waals surface area contributed by atoms with Crippen LogP contribution in [0.1, 0.15) is 29.8 Å². The highest BCUT2D eigenvalue weighted by Crippen LogP contribution is 2.21. The van der Waals surface area contributed by atoms with Gasteiger partial charge in [0, 0.05) is 39.6 Å². The second kappa shape index (κ2) is 7.13. The van der Waals surface area contributed by atoms with Crippen molar-refractivity contribution in [1.29, 1.82) is 0 Å². The first kappa shape index (κ1) is 18.3. The molecule has 0 fully saturated rings. The second-order valence-corrected chi connectivity index (χ2v) is 7.28. The number of pyridine rings is 1. The number of rotatable bonds is 4. The van der Waals surface area contributed by atoms with Gasteiger partial charge in [-0.1, -0.05) is 11.6 Å². The second-order valence-electron chi connectivity index (χ2n) is 6.84. The van der Waals surface area contributed by atoms with Crippen molar-refractivity contribution in [3.63, 3.8) is 0 Å². The zero-order chi connectivity index (χ0) is 19.8. The van der Waals surface area contributed by atoms with Crippen LogP contribution in [0, 0.1) is 13.8 Å². The van der Waals surface area contributed by atoms with Crippen molar-refractivity contribution in [2.75, 3.05) is 5.32 Å². The van der Waals surface area contributed by atoms with Crippen LogP contribution < -0.4 is 10.9 Å². The molecular weight excluding hydrogens is 374 g/mol. The van der Waals surface area contributed by atoms with Gasteiger partial charge in [0.1, 0.15) is 5.82 Å². The van der Waals surface area contributed by atoms with Gasteiger partial charge in [0.25, 0.3) is 5.56 Å². The summed E-state index contributed by atoms with van der Waals surface area (Å²) in [6.45, 7) is 6.02. The summed E-state index contributed by atoms with van der Waals surface area (Å²) >= 11 is 6.08. The maximum Gasteiger partial charge on any atom is 0.253 e. The van der Waals surface area contributed by atoms with Crippen LogP contribution in [0.2, 0.25) is 5.02 Å². The monoisotopic (exact) mass is 393 g/mol. The van der Waals surface area contributed by atoms with Gasteiger partial charge in [0.05, 0.1) is 6.04 Å². The van der Waals surface area contributed by atoms with E-state index in [4.69, 9.17) is 11.6 Å². The van der Waals surface area contributed by atoms with Crippen molar-refractivity contribution in [3.05, 3.63) is 81.0 Å². The highest BCUT2D eigenvalue weighted by molar-refractivity contribution is 6.31. The Labute approximate surface area is 167 Å². The van der Waals surface area contributed by atoms with E-state index in [1.165, 1.54) is 5.56 Å². The van der Waals surface area contributed by atoms with E-state index >= 15 is 0 Å². The van der Waals surface area contributed by atoms with Crippen LogP contribution in [0.5, 0.6) is 0 Å². The van der Waals surface area contributed by atoms with E-state index in [-0.39, 0.29) is 11.6 Å². The lowest BCUT2D eigenvalue weighted by Gasteiger charge is -2.15. The predicted molar refractivity (Wildman–Crippen MR) is 112 cm³/mol. The van der Waals surface area contributed by atoms with E-state index in [0.717, 1.165) is 22.4 Å². The molecule has 6 nitrogen and oxygen atoms in total. The summed E-state index contributed by atoms with van der Waals surface area (Å²) in [4.78, 5) is 24.3. The number of aromatic amines is 1. The molecule has 0 saturated heterocycles. The average molecular weight is 394 g/mol. The van der Waals surface area contributed by atoms with Gasteiger partial charge in [-0.3, -0.25) is 4.79 Å². The Morgan fingerprint density at radius 2 is 2.00 bits per heavy atom. The molecule has 0 radical (unpaired) electrons. The molecule has 28 heavy (non-hydrogen) atoms. The fraction of sp³-hybridized carbons (Fsp3) is 0.190. The number of halogens is 1. The van der Waals surface area contributed by atoms with Gasteiger partial charge in [0.2, 0.25) is 5.95 Å². The first-order valence-corrected chi connectivity index (χ1v) is 9.37. The zero-order valence-electron chi connectivity index (χ0n) is 15.8. The molecule has 0 bridgehead atoms. The van der Waals surface area contributed by atoms with Crippen molar-refractivity contribution in [1.82, 2.24) is 19.5 Å². The van der Waals surface area contributed by atoms with Crippen molar-refractivity contribution in [3.8, 4) is 5.82 Å². The summed E-state index contributed by atoms with van der Waals surface area (Å²) in [6, 6.07) is 10.9. The van der Waals surface area contributed by atoms with E-state index in [1.807, 2.05) is 48.9 Å². The lowest BCUT2D eigenvalue weighted by atomic mass is 10.1. The number of nitrogens with zero attached hydrogens (tertiary/aromatic N) is 3. The molecule has 7 heteroatoms. The average Bonchev–Trinajstić information content (AvgIpc) is 3.00. The minimum absolute atomic E-state index is 0.150. The van der Waals surface area contributed by atoms with Gasteiger partial charge in [-0.25, -0.2) is 4.98 Å². The summed E-state index contributed by atoms with van der Waals surface area (Å²) in [5, 5.41) is 4.73. The van der Waals surface area contributed by atoms with Crippen molar-refractivity contribution < 1.29 is 0 Å². The maximum absolute atomic E-state index is 12.5. The summed E-state index contributed by atoms with van der Waals surface area (Å²) in [5.41, 5.74) is 3.52. The molecule has 3 heterocycles. The van der Waals surface area contributed by atoms with Crippen LogP contribution in [0.3, 0.4) is 0 Å². The quantitative estimate of drug-likeness (QED) is 0.533. The summed E-state index contributed by atoms with van der Waals surface area (Å²) in [5.74, 6) is 1.23. The molecule has 0 spiro atoms. The largest absolute Gasteiger partial charge is 0.347 e. The van der Waals surface area contributed by atoms with Crippen molar-refractivity contribution in [2.24, 2.45) is 0 Å². The van der Waals surface area contributed by atoms with E-state index < -0.39 is 0 Å². The third-order valence-electron chi connectivity index (χ3n) is 4.94. The Hall–Kier alpha value is -3.12. The molecule has 1 atom stereocenters. The highest BCUT2D eigenvalue weighted by atomic mass is 35.5. The van der Waals surface area contributed by atoms with Crippen molar-refractivity contribution >= 4 is 28.5 Å². The fourth-order valence-electron chi connectivity index (χ4n) is 3.20. The minimum atomic E-state index is -0.283. The maximum atomic E-state index is 12.5. The Balaban J connectivity index is 1.65. The number of fused-ring (bicyclic) bond motifs is 1. The van der Waals surface area contributed by atoms with E-state index in [9.17, 15) is 4.79 Å². The standard InChI is InChI=1S/C21H20ClN5O/c1-12-7-9-27(14(12)3)19-6-8-23-21(26-19)24-13(2)17-11-15-10-16(22)4-5-18(15)25-20(17)28/h4-11,13H,1-3H3,(H,25,28)(H,23,24,26)/t13-/m0/s1. The molecule has 0 saturated carbocycles. The van der Waals surface area contributed by atoms with Crippen LogP contribution in [0.15, 0.2) is 53.6 Å². The Morgan fingerprint density at radius 1 is 1.18 bits per heavy atom. The minimum Gasteiger partial charge on any atom is -0.347 e. The smallest absolute Gasteiger partial charge is 0.253 e. The number of anilines is 1. The molecule has 1 aromatic carbocycles. The lowest BCUT2D eigenvalue weighted by Crippen LogP contribution is -2.20. The number of aromatic nitrogens is 4. The third kappa shape index (κ3) is 3.39. The molecular formula is C21H20ClN5O. The number of hydrogen-bond donors (Lipinski definition) is 2. The normalized spacial score (nSPS) is 12.3. The van der Waals surface area contributed by atoms with Gasteiger partial charge in [-0.2, -0.15) is 4.98 Å². The first-order valence-electron chi connectivity index (χ1n) is 8.99. The summed E-state index contributed by atoms with van der Waals surface area (Å²) < 4.78 is 2.01. The van der Waals surface area contributed by atoms with Gasteiger partial charge in [0.15, 0.2) is 0 Å². The fourth-order valence-corrected chi connectivity index (χ4v) is 3.38. The molecule has 0 unspecified atom stereocenters. The van der Waals surface area contributed by atoms with Gasteiger partial charge in [-0.05, 0) is 62.7 Å². The Morgan fingerprint density at radius 3 is 2.75 bits per heavy atom. The van der Waals surface area contributed by atoms with Gasteiger partial charge >= 0.3 is 0 Å². The highest BCUT2D eigenvalue weighted by Gasteiger charge is 2.13. The number of hydrogen-bond acceptors (Lipinski definition) is 4. The van der Waals surface area contributed by atoms with Crippen LogP contribution in [0.4, 0.5) is 5.95 Å². The predicted octanol–water partition coefficient (Wildman–Crippen LogP) is 4.55. The third-order valence-corrected chi connectivity index (χ3v) is 5.18. The number of H-pyrrole nitrogens is 1. The zero-order valence-corrected chi connectivity index (χ0v) is 16.6. The van der Waals surface area contributed by atoms with Crippen LogP contribution >= 0.6 is 11.6 Å². The molecule has 2 N–H and O–H groups in total. The SMILES string of the molecule is Cc1ccn(-c2ccnc(N[C@@H](C)c3cc4cc(Cl)ccc4[nH]c3=O)n2)c1C. The first-order chi connectivity index (χ1) is 13.4. The molecule has 0 amide bonds. The topological polar surface area (TPSA) is 75.6 Å². The Bertz CT molecular complexity index is 1230. The van der Waals surface area contributed by atoms with Crippen molar-refractivity contribution in [2.45, 2.75) is 26.8 Å². The number of benzene rings is 1. The summed E-state index contributed by atoms with van der Waals surface area (Å²) in [7, 11) is 0. The lowest BCUT2D eigenvalue weighted by molar-refractivity contribution is 0.837. The van der Waals surface area contributed by atoms with Gasteiger partial charge < -0.3 is 14.9 Å². The molecule has 4 aromatic rings. The van der Waals surface area contributed by atoms with E-state index in [2.05, 4.69) is 27.2 Å².